The SMILES string of the molecule is Cc1cn2nc([C@@H]3CCCCN3C(=O)c3cc(Cl)ccc3NS(C)(=O)=O)cc2nc1N1CCC(c2ccccc2)C1. The van der Waals surface area contributed by atoms with Crippen molar-refractivity contribution in [3.63, 3.8) is 0 Å². The maximum Gasteiger partial charge on any atom is 0.256 e. The predicted octanol–water partition coefficient (Wildman–Crippen LogP) is 5.42. The fourth-order valence-corrected chi connectivity index (χ4v) is 6.82. The standard InChI is InChI=1S/C30H33ClN6O3S/c1-20-18-37-28(32-29(20)35-15-13-22(19-35)21-8-4-3-5-9-21)17-26(33-37)27-10-6-7-14-36(27)30(38)24-16-23(31)11-12-25(24)34-41(2,39)40/h3-5,8-9,11-12,16-18,22,27,34H,6-7,10,13-15,19H2,1-2H3/t22?,27-/m0/s1. The maximum absolute atomic E-state index is 13.9. The topological polar surface area (TPSA) is 99.9 Å². The Hall–Kier alpha value is -3.63. The van der Waals surface area contributed by atoms with Crippen LogP contribution in [-0.4, -0.2) is 59.7 Å². The molecule has 4 aromatic rings. The lowest BCUT2D eigenvalue weighted by Gasteiger charge is -2.35. The van der Waals surface area contributed by atoms with E-state index in [1.54, 1.807) is 15.5 Å². The summed E-state index contributed by atoms with van der Waals surface area (Å²) in [7, 11) is -3.59. The Kier molecular flexibility index (Phi) is 7.37. The summed E-state index contributed by atoms with van der Waals surface area (Å²) in [6.45, 7) is 4.46. The van der Waals surface area contributed by atoms with Crippen molar-refractivity contribution in [3.8, 4) is 0 Å². The third-order valence-electron chi connectivity index (χ3n) is 8.00. The average molecular weight is 593 g/mol. The number of aromatic nitrogens is 3. The molecule has 11 heteroatoms. The Labute approximate surface area is 245 Å². The first kappa shape index (κ1) is 27.5. The summed E-state index contributed by atoms with van der Waals surface area (Å²) in [5.74, 6) is 1.16. The quantitative estimate of drug-likeness (QED) is 0.321. The van der Waals surface area contributed by atoms with Crippen LogP contribution in [0.1, 0.15) is 64.8 Å². The number of carbonyl (C=O) groups is 1. The molecule has 9 nitrogen and oxygen atoms in total. The first-order valence-electron chi connectivity index (χ1n) is 13.9. The largest absolute Gasteiger partial charge is 0.356 e. The van der Waals surface area contributed by atoms with E-state index in [0.29, 0.717) is 17.5 Å². The van der Waals surface area contributed by atoms with Gasteiger partial charge in [-0.3, -0.25) is 9.52 Å². The number of fused-ring (bicyclic) bond motifs is 1. The van der Waals surface area contributed by atoms with Gasteiger partial charge in [-0.25, -0.2) is 17.9 Å². The number of amides is 1. The fraction of sp³-hybridized carbons (Fsp3) is 0.367. The minimum Gasteiger partial charge on any atom is -0.356 e. The smallest absolute Gasteiger partial charge is 0.256 e. The molecule has 1 amide bonds. The zero-order valence-corrected chi connectivity index (χ0v) is 24.7. The molecule has 0 radical (unpaired) electrons. The van der Waals surface area contributed by atoms with Crippen molar-refractivity contribution in [3.05, 3.63) is 88.2 Å². The van der Waals surface area contributed by atoms with E-state index in [0.717, 1.165) is 67.8 Å². The van der Waals surface area contributed by atoms with Crippen molar-refractivity contribution >= 4 is 44.7 Å². The molecule has 6 rings (SSSR count). The minimum atomic E-state index is -3.59. The van der Waals surface area contributed by atoms with Crippen LogP contribution in [0.15, 0.2) is 60.8 Å². The van der Waals surface area contributed by atoms with E-state index in [9.17, 15) is 13.2 Å². The van der Waals surface area contributed by atoms with Gasteiger partial charge in [0.25, 0.3) is 5.91 Å². The molecule has 2 atom stereocenters. The first-order chi connectivity index (χ1) is 19.7. The third-order valence-corrected chi connectivity index (χ3v) is 8.82. The Morgan fingerprint density at radius 2 is 1.85 bits per heavy atom. The predicted molar refractivity (Wildman–Crippen MR) is 161 cm³/mol. The van der Waals surface area contributed by atoms with Gasteiger partial charge in [0, 0.05) is 48.4 Å². The highest BCUT2D eigenvalue weighted by molar-refractivity contribution is 7.92. The molecule has 214 valence electrons. The average Bonchev–Trinajstić information content (AvgIpc) is 3.60. The minimum absolute atomic E-state index is 0.211. The summed E-state index contributed by atoms with van der Waals surface area (Å²) in [5, 5.41) is 5.22. The van der Waals surface area contributed by atoms with Gasteiger partial charge in [0.1, 0.15) is 5.82 Å². The molecule has 0 bridgehead atoms. The number of anilines is 2. The number of benzene rings is 2. The molecular weight excluding hydrogens is 560 g/mol. The van der Waals surface area contributed by atoms with E-state index in [2.05, 4.69) is 46.9 Å². The molecular formula is C30H33ClN6O3S. The lowest BCUT2D eigenvalue weighted by molar-refractivity contribution is 0.0607. The fourth-order valence-electron chi connectivity index (χ4n) is 6.07. The number of halogens is 1. The van der Waals surface area contributed by atoms with Crippen LogP contribution in [0, 0.1) is 6.92 Å². The summed E-state index contributed by atoms with van der Waals surface area (Å²) in [4.78, 5) is 23.0. The highest BCUT2D eigenvalue weighted by Crippen LogP contribution is 2.35. The van der Waals surface area contributed by atoms with Gasteiger partial charge < -0.3 is 9.80 Å². The van der Waals surface area contributed by atoms with E-state index in [1.165, 1.54) is 17.7 Å². The lowest BCUT2D eigenvalue weighted by atomic mass is 9.98. The molecule has 2 aliphatic rings. The second-order valence-electron chi connectivity index (χ2n) is 11.0. The van der Waals surface area contributed by atoms with Gasteiger partial charge >= 0.3 is 0 Å². The molecule has 2 fully saturated rings. The number of nitrogens with one attached hydrogen (secondary N) is 1. The van der Waals surface area contributed by atoms with Crippen LogP contribution in [0.2, 0.25) is 5.02 Å². The molecule has 0 spiro atoms. The second kappa shape index (κ2) is 11.0. The van der Waals surface area contributed by atoms with Crippen molar-refractivity contribution in [2.24, 2.45) is 0 Å². The molecule has 0 saturated carbocycles. The summed E-state index contributed by atoms with van der Waals surface area (Å²) < 4.78 is 28.2. The second-order valence-corrected chi connectivity index (χ2v) is 13.2. The Morgan fingerprint density at radius 1 is 1.05 bits per heavy atom. The molecule has 0 aliphatic carbocycles. The van der Waals surface area contributed by atoms with Gasteiger partial charge in [-0.05, 0) is 56.4 Å². The number of piperidine rings is 1. The van der Waals surface area contributed by atoms with Crippen LogP contribution in [0.3, 0.4) is 0 Å². The number of nitrogens with zero attached hydrogens (tertiary/aromatic N) is 5. The molecule has 2 aromatic carbocycles. The zero-order chi connectivity index (χ0) is 28.7. The summed E-state index contributed by atoms with van der Waals surface area (Å²) in [6, 6.07) is 16.9. The number of rotatable bonds is 6. The molecule has 1 unspecified atom stereocenters. The highest BCUT2D eigenvalue weighted by Gasteiger charge is 2.33. The number of hydrogen-bond donors (Lipinski definition) is 1. The highest BCUT2D eigenvalue weighted by atomic mass is 35.5. The summed E-state index contributed by atoms with van der Waals surface area (Å²) >= 11 is 6.23. The molecule has 4 heterocycles. The molecule has 2 aromatic heterocycles. The van der Waals surface area contributed by atoms with Crippen LogP contribution in [0.25, 0.3) is 5.65 Å². The van der Waals surface area contributed by atoms with Crippen molar-refractivity contribution in [1.82, 2.24) is 19.5 Å². The summed E-state index contributed by atoms with van der Waals surface area (Å²) in [5.41, 5.74) is 4.35. The number of hydrogen-bond acceptors (Lipinski definition) is 6. The van der Waals surface area contributed by atoms with E-state index in [-0.39, 0.29) is 23.2 Å². The zero-order valence-electron chi connectivity index (χ0n) is 23.1. The molecule has 2 saturated heterocycles. The number of carbonyl (C=O) groups excluding carboxylic acids is 1. The van der Waals surface area contributed by atoms with E-state index >= 15 is 0 Å². The van der Waals surface area contributed by atoms with Crippen molar-refractivity contribution in [1.29, 1.82) is 0 Å². The van der Waals surface area contributed by atoms with E-state index in [1.807, 2.05) is 12.3 Å². The van der Waals surface area contributed by atoms with E-state index in [4.69, 9.17) is 21.7 Å². The molecule has 2 aliphatic heterocycles. The van der Waals surface area contributed by atoms with Gasteiger partial charge in [0.15, 0.2) is 5.65 Å². The Bertz CT molecular complexity index is 1710. The monoisotopic (exact) mass is 592 g/mol. The summed E-state index contributed by atoms with van der Waals surface area (Å²) in [6.07, 6.45) is 6.71. The van der Waals surface area contributed by atoms with Crippen molar-refractivity contribution < 1.29 is 13.2 Å². The maximum atomic E-state index is 13.9. The van der Waals surface area contributed by atoms with Gasteiger partial charge in [-0.1, -0.05) is 41.9 Å². The number of sulfonamides is 1. The van der Waals surface area contributed by atoms with Gasteiger partial charge in [-0.2, -0.15) is 5.10 Å². The van der Waals surface area contributed by atoms with Crippen LogP contribution < -0.4 is 9.62 Å². The molecule has 1 N–H and O–H groups in total. The first-order valence-corrected chi connectivity index (χ1v) is 16.2. The van der Waals surface area contributed by atoms with Gasteiger partial charge in [-0.15, -0.1) is 0 Å². The Morgan fingerprint density at radius 3 is 2.63 bits per heavy atom. The molecule has 41 heavy (non-hydrogen) atoms. The van der Waals surface area contributed by atoms with Crippen LogP contribution in [0.5, 0.6) is 0 Å². The number of aryl methyl sites for hydroxylation is 1. The van der Waals surface area contributed by atoms with Crippen LogP contribution in [-0.2, 0) is 10.0 Å². The van der Waals surface area contributed by atoms with E-state index < -0.39 is 10.0 Å². The van der Waals surface area contributed by atoms with Crippen molar-refractivity contribution in [2.45, 2.75) is 44.6 Å². The van der Waals surface area contributed by atoms with Gasteiger partial charge in [0.2, 0.25) is 10.0 Å². The van der Waals surface area contributed by atoms with Crippen molar-refractivity contribution in [2.75, 3.05) is 35.5 Å². The van der Waals surface area contributed by atoms with Crippen LogP contribution >= 0.6 is 11.6 Å². The van der Waals surface area contributed by atoms with Gasteiger partial charge in [0.05, 0.1) is 29.2 Å². The van der Waals surface area contributed by atoms with Crippen LogP contribution in [0.4, 0.5) is 11.5 Å². The Balaban J connectivity index is 1.29. The number of likely N-dealkylation sites (tertiary alicyclic amines) is 1. The lowest BCUT2D eigenvalue weighted by Crippen LogP contribution is -2.39. The normalized spacial score (nSPS) is 19.6. The third kappa shape index (κ3) is 5.76.